The maximum Gasteiger partial charge on any atom is 0.300 e. The number of carbonyl (C=O) groups excluding carboxylic acids is 2. The van der Waals surface area contributed by atoms with Crippen LogP contribution in [0, 0.1) is 6.92 Å². The minimum absolute atomic E-state index is 0.0463. The smallest absolute Gasteiger partial charge is 0.300 e. The highest BCUT2D eigenvalue weighted by Crippen LogP contribution is 2.42. The van der Waals surface area contributed by atoms with Gasteiger partial charge >= 0.3 is 0 Å². The average molecular weight is 404 g/mol. The van der Waals surface area contributed by atoms with Crippen LogP contribution < -0.4 is 4.90 Å². The van der Waals surface area contributed by atoms with Gasteiger partial charge in [-0.2, -0.15) is 0 Å². The van der Waals surface area contributed by atoms with E-state index in [0.717, 1.165) is 11.1 Å². The van der Waals surface area contributed by atoms with E-state index in [4.69, 9.17) is 11.6 Å². The second kappa shape index (κ2) is 7.57. The van der Waals surface area contributed by atoms with Crippen molar-refractivity contribution in [1.29, 1.82) is 0 Å². The van der Waals surface area contributed by atoms with Crippen molar-refractivity contribution >= 4 is 34.7 Å². The molecule has 1 aliphatic heterocycles. The van der Waals surface area contributed by atoms with Crippen LogP contribution in [0.4, 0.5) is 5.69 Å². The molecular weight excluding hydrogens is 386 g/mol. The Balaban J connectivity index is 1.96. The first-order chi connectivity index (χ1) is 14.0. The van der Waals surface area contributed by atoms with Crippen molar-refractivity contribution in [2.75, 3.05) is 4.90 Å². The molecule has 1 amide bonds. The predicted molar refractivity (Wildman–Crippen MR) is 114 cm³/mol. The molecule has 0 radical (unpaired) electrons. The van der Waals surface area contributed by atoms with Gasteiger partial charge in [-0.25, -0.2) is 0 Å². The number of carbonyl (C=O) groups is 2. The van der Waals surface area contributed by atoms with Crippen molar-refractivity contribution in [2.24, 2.45) is 0 Å². The summed E-state index contributed by atoms with van der Waals surface area (Å²) in [6, 6.07) is 22.5. The molecule has 3 aromatic carbocycles. The zero-order chi connectivity index (χ0) is 20.5. The van der Waals surface area contributed by atoms with Crippen LogP contribution in [-0.4, -0.2) is 16.8 Å². The van der Waals surface area contributed by atoms with Crippen molar-refractivity contribution in [3.8, 4) is 0 Å². The summed E-state index contributed by atoms with van der Waals surface area (Å²) in [6.07, 6.45) is 0. The van der Waals surface area contributed by atoms with Gasteiger partial charge in [-0.3, -0.25) is 14.5 Å². The number of Topliss-reactive ketones (excluding diaryl/α,β-unsaturated/α-hetero) is 1. The van der Waals surface area contributed by atoms with Gasteiger partial charge < -0.3 is 5.11 Å². The average Bonchev–Trinajstić information content (AvgIpc) is 2.99. The van der Waals surface area contributed by atoms with Crippen LogP contribution in [0.1, 0.15) is 22.7 Å². The molecule has 0 aliphatic carbocycles. The lowest BCUT2D eigenvalue weighted by atomic mass is 9.95. The quantitative estimate of drug-likeness (QED) is 0.368. The van der Waals surface area contributed by atoms with Gasteiger partial charge in [-0.1, -0.05) is 66.2 Å². The van der Waals surface area contributed by atoms with Crippen molar-refractivity contribution < 1.29 is 14.7 Å². The molecule has 0 aromatic heterocycles. The molecular formula is C24H18ClNO3. The zero-order valence-corrected chi connectivity index (χ0v) is 16.4. The van der Waals surface area contributed by atoms with E-state index >= 15 is 0 Å². The summed E-state index contributed by atoms with van der Waals surface area (Å²) >= 11 is 6.06. The second-order valence-corrected chi connectivity index (χ2v) is 7.37. The largest absolute Gasteiger partial charge is 0.507 e. The third-order valence-corrected chi connectivity index (χ3v) is 5.17. The van der Waals surface area contributed by atoms with Gasteiger partial charge in [0.2, 0.25) is 0 Å². The highest BCUT2D eigenvalue weighted by Gasteiger charge is 2.46. The van der Waals surface area contributed by atoms with Crippen molar-refractivity contribution in [2.45, 2.75) is 13.0 Å². The van der Waals surface area contributed by atoms with Crippen molar-refractivity contribution in [3.63, 3.8) is 0 Å². The molecule has 1 heterocycles. The van der Waals surface area contributed by atoms with Crippen molar-refractivity contribution in [3.05, 3.63) is 106 Å². The van der Waals surface area contributed by atoms with Crippen molar-refractivity contribution in [1.82, 2.24) is 0 Å². The topological polar surface area (TPSA) is 57.6 Å². The van der Waals surface area contributed by atoms with Crippen LogP contribution in [-0.2, 0) is 9.59 Å². The number of anilines is 1. The van der Waals surface area contributed by atoms with Crippen LogP contribution in [0.15, 0.2) is 84.4 Å². The van der Waals surface area contributed by atoms with Gasteiger partial charge in [-0.15, -0.1) is 0 Å². The lowest BCUT2D eigenvalue weighted by Gasteiger charge is -2.25. The number of hydrogen-bond donors (Lipinski definition) is 1. The fourth-order valence-electron chi connectivity index (χ4n) is 3.62. The first kappa shape index (κ1) is 19.0. The molecule has 0 spiro atoms. The number of halogens is 1. The molecule has 1 atom stereocenters. The minimum atomic E-state index is -0.739. The lowest BCUT2D eigenvalue weighted by Crippen LogP contribution is -2.29. The predicted octanol–water partition coefficient (Wildman–Crippen LogP) is 5.27. The maximum atomic E-state index is 13.0. The molecule has 1 saturated heterocycles. The SMILES string of the molecule is Cc1cccc(N2C(=O)C(=O)/C(=C(/O)c3cccc(Cl)c3)C2c2ccccc2)c1. The number of ketones is 1. The molecule has 5 heteroatoms. The standard InChI is InChI=1S/C24H18ClNO3/c1-15-7-5-12-19(13-15)26-21(16-8-3-2-4-9-16)20(23(28)24(26)29)22(27)17-10-6-11-18(25)14-17/h2-14,21,27H,1H3/b22-20+. The van der Waals surface area contributed by atoms with Crippen LogP contribution >= 0.6 is 11.6 Å². The molecule has 4 nitrogen and oxygen atoms in total. The highest BCUT2D eigenvalue weighted by atomic mass is 35.5. The van der Waals surface area contributed by atoms with Crippen LogP contribution in [0.5, 0.6) is 0 Å². The molecule has 4 rings (SSSR count). The summed E-state index contributed by atoms with van der Waals surface area (Å²) < 4.78 is 0. The molecule has 1 unspecified atom stereocenters. The number of nitrogens with zero attached hydrogens (tertiary/aromatic N) is 1. The Morgan fingerprint density at radius 3 is 2.34 bits per heavy atom. The van der Waals surface area contributed by atoms with Gasteiger partial charge in [-0.05, 0) is 42.3 Å². The molecule has 0 saturated carbocycles. The van der Waals surface area contributed by atoms with Crippen LogP contribution in [0.25, 0.3) is 5.76 Å². The number of amides is 1. The minimum Gasteiger partial charge on any atom is -0.507 e. The summed E-state index contributed by atoms with van der Waals surface area (Å²) in [7, 11) is 0. The fourth-order valence-corrected chi connectivity index (χ4v) is 3.81. The van der Waals surface area contributed by atoms with E-state index in [1.54, 1.807) is 30.3 Å². The Morgan fingerprint density at radius 1 is 0.931 bits per heavy atom. The van der Waals surface area contributed by atoms with E-state index in [0.29, 0.717) is 16.3 Å². The number of aliphatic hydroxyl groups excluding tert-OH is 1. The van der Waals surface area contributed by atoms with Gasteiger partial charge in [0.15, 0.2) is 0 Å². The summed E-state index contributed by atoms with van der Waals surface area (Å²) in [5, 5.41) is 11.4. The lowest BCUT2D eigenvalue weighted by molar-refractivity contribution is -0.132. The Morgan fingerprint density at radius 2 is 1.66 bits per heavy atom. The molecule has 1 aliphatic rings. The fraction of sp³-hybridized carbons (Fsp3) is 0.0833. The molecule has 29 heavy (non-hydrogen) atoms. The van der Waals surface area contributed by atoms with Gasteiger partial charge in [0, 0.05) is 16.3 Å². The van der Waals surface area contributed by atoms with E-state index in [9.17, 15) is 14.7 Å². The van der Waals surface area contributed by atoms with E-state index in [1.165, 1.54) is 4.90 Å². The second-order valence-electron chi connectivity index (χ2n) is 6.93. The summed E-state index contributed by atoms with van der Waals surface area (Å²) in [5.41, 5.74) is 2.74. The van der Waals surface area contributed by atoms with Crippen LogP contribution in [0.2, 0.25) is 5.02 Å². The first-order valence-electron chi connectivity index (χ1n) is 9.16. The van der Waals surface area contributed by atoms with Gasteiger partial charge in [0.25, 0.3) is 11.7 Å². The van der Waals surface area contributed by atoms with Gasteiger partial charge in [0.1, 0.15) is 5.76 Å². The first-order valence-corrected chi connectivity index (χ1v) is 9.53. The summed E-state index contributed by atoms with van der Waals surface area (Å²) in [6.45, 7) is 1.92. The third-order valence-electron chi connectivity index (χ3n) is 4.94. The van der Waals surface area contributed by atoms with Gasteiger partial charge in [0.05, 0.1) is 11.6 Å². The van der Waals surface area contributed by atoms with E-state index < -0.39 is 17.7 Å². The third kappa shape index (κ3) is 3.43. The Labute approximate surface area is 173 Å². The molecule has 3 aromatic rings. The normalized spacial score (nSPS) is 18.3. The number of hydrogen-bond acceptors (Lipinski definition) is 3. The Hall–Kier alpha value is -3.37. The van der Waals surface area contributed by atoms with E-state index in [2.05, 4.69) is 0 Å². The van der Waals surface area contributed by atoms with E-state index in [-0.39, 0.29) is 11.3 Å². The summed E-state index contributed by atoms with van der Waals surface area (Å²) in [4.78, 5) is 27.5. The summed E-state index contributed by atoms with van der Waals surface area (Å²) in [5.74, 6) is -1.64. The zero-order valence-electron chi connectivity index (χ0n) is 15.7. The molecule has 1 fully saturated rings. The monoisotopic (exact) mass is 403 g/mol. The number of aliphatic hydroxyl groups is 1. The molecule has 0 bridgehead atoms. The number of aryl methyl sites for hydroxylation is 1. The molecule has 1 N–H and O–H groups in total. The number of rotatable bonds is 3. The number of benzene rings is 3. The molecule has 144 valence electrons. The van der Waals surface area contributed by atoms with Crippen LogP contribution in [0.3, 0.4) is 0 Å². The highest BCUT2D eigenvalue weighted by molar-refractivity contribution is 6.51. The van der Waals surface area contributed by atoms with E-state index in [1.807, 2.05) is 55.5 Å². The maximum absolute atomic E-state index is 13.0. The Kier molecular flexibility index (Phi) is 4.95. The Bertz CT molecular complexity index is 1140.